The molecule has 0 spiro atoms. The summed E-state index contributed by atoms with van der Waals surface area (Å²) in [5.41, 5.74) is 2.63. The van der Waals surface area contributed by atoms with Crippen LogP contribution >= 0.6 is 0 Å². The van der Waals surface area contributed by atoms with Gasteiger partial charge in [0.15, 0.2) is 0 Å². The lowest BCUT2D eigenvalue weighted by Crippen LogP contribution is -2.53. The zero-order chi connectivity index (χ0) is 10.7. The summed E-state index contributed by atoms with van der Waals surface area (Å²) < 4.78 is 11.4. The molecule has 0 aliphatic carbocycles. The van der Waals surface area contributed by atoms with Crippen LogP contribution in [0.25, 0.3) is 0 Å². The summed E-state index contributed by atoms with van der Waals surface area (Å²) in [6.45, 7) is 3.71. The van der Waals surface area contributed by atoms with Crippen molar-refractivity contribution in [2.75, 3.05) is 13.2 Å². The van der Waals surface area contributed by atoms with Crippen LogP contribution < -0.4 is 11.3 Å². The molecule has 0 bridgehead atoms. The maximum atomic E-state index is 5.78. The van der Waals surface area contributed by atoms with E-state index in [1.165, 1.54) is 0 Å². The first-order valence-corrected chi connectivity index (χ1v) is 5.69. The van der Waals surface area contributed by atoms with Gasteiger partial charge in [-0.05, 0) is 38.7 Å². The number of rotatable bonds is 3. The predicted molar refractivity (Wildman–Crippen MR) is 58.0 cm³/mol. The van der Waals surface area contributed by atoms with E-state index in [4.69, 9.17) is 15.3 Å². The highest BCUT2D eigenvalue weighted by molar-refractivity contribution is 5.13. The second-order valence-electron chi connectivity index (χ2n) is 4.46. The summed E-state index contributed by atoms with van der Waals surface area (Å²) >= 11 is 0. The van der Waals surface area contributed by atoms with Gasteiger partial charge < -0.3 is 9.47 Å². The highest BCUT2D eigenvalue weighted by Crippen LogP contribution is 2.33. The van der Waals surface area contributed by atoms with Crippen molar-refractivity contribution in [3.8, 4) is 0 Å². The molecule has 0 aromatic rings. The molecule has 86 valence electrons. The van der Waals surface area contributed by atoms with Gasteiger partial charge in [-0.2, -0.15) is 0 Å². The first-order valence-electron chi connectivity index (χ1n) is 5.69. The molecular formula is C11H20N2O2. The van der Waals surface area contributed by atoms with Gasteiger partial charge in [0.05, 0.1) is 12.2 Å². The molecule has 0 radical (unpaired) electrons. The monoisotopic (exact) mass is 212 g/mol. The minimum atomic E-state index is -0.210. The van der Waals surface area contributed by atoms with E-state index >= 15 is 0 Å². The number of hydrogen-bond acceptors (Lipinski definition) is 4. The van der Waals surface area contributed by atoms with Crippen LogP contribution in [0.5, 0.6) is 0 Å². The molecule has 2 aliphatic rings. The molecule has 2 heterocycles. The molecule has 0 amide bonds. The normalized spacial score (nSPS) is 33.3. The summed E-state index contributed by atoms with van der Waals surface area (Å²) in [5, 5.41) is 0. The first kappa shape index (κ1) is 10.9. The van der Waals surface area contributed by atoms with Crippen LogP contribution in [0.4, 0.5) is 0 Å². The van der Waals surface area contributed by atoms with E-state index in [1.807, 2.05) is 0 Å². The summed E-state index contributed by atoms with van der Waals surface area (Å²) in [5.74, 6) is 6.57. The van der Waals surface area contributed by atoms with Crippen LogP contribution in [-0.2, 0) is 9.47 Å². The lowest BCUT2D eigenvalue weighted by atomic mass is 9.91. The van der Waals surface area contributed by atoms with Crippen molar-refractivity contribution >= 4 is 0 Å². The number of hydrazine groups is 1. The minimum Gasteiger partial charge on any atom is -0.496 e. The Bertz CT molecular complexity index is 247. The third-order valence-electron chi connectivity index (χ3n) is 3.27. The fourth-order valence-corrected chi connectivity index (χ4v) is 2.37. The second kappa shape index (κ2) is 4.51. The first-order chi connectivity index (χ1) is 7.26. The number of nitrogens with one attached hydrogen (secondary N) is 1. The summed E-state index contributed by atoms with van der Waals surface area (Å²) in [4.78, 5) is 0. The Morgan fingerprint density at radius 1 is 1.47 bits per heavy atom. The second-order valence-corrected chi connectivity index (χ2v) is 4.46. The van der Waals surface area contributed by atoms with Crippen LogP contribution in [0, 0.1) is 0 Å². The van der Waals surface area contributed by atoms with Crippen LogP contribution in [0.3, 0.4) is 0 Å². The van der Waals surface area contributed by atoms with E-state index in [-0.39, 0.29) is 11.6 Å². The van der Waals surface area contributed by atoms with Gasteiger partial charge in [-0.1, -0.05) is 0 Å². The number of nitrogens with two attached hydrogens (primary N) is 1. The van der Waals surface area contributed by atoms with Crippen LogP contribution in [0.15, 0.2) is 11.8 Å². The summed E-state index contributed by atoms with van der Waals surface area (Å²) in [6.07, 6.45) is 6.42. The largest absolute Gasteiger partial charge is 0.496 e. The van der Waals surface area contributed by atoms with E-state index in [0.29, 0.717) is 0 Å². The van der Waals surface area contributed by atoms with Crippen molar-refractivity contribution in [2.45, 2.75) is 44.2 Å². The Morgan fingerprint density at radius 3 is 2.87 bits per heavy atom. The van der Waals surface area contributed by atoms with Gasteiger partial charge in [-0.3, -0.25) is 5.84 Å². The van der Waals surface area contributed by atoms with Crippen molar-refractivity contribution in [3.05, 3.63) is 11.8 Å². The standard InChI is InChI=1S/C11H20N2O2/c1-11(6-4-8-15-11)10(13-12)9-5-2-3-7-14-9/h5,10,13H,2-4,6-8,12H2,1H3. The molecule has 0 saturated carbocycles. The summed E-state index contributed by atoms with van der Waals surface area (Å²) in [7, 11) is 0. The van der Waals surface area contributed by atoms with E-state index in [9.17, 15) is 0 Å². The lowest BCUT2D eigenvalue weighted by Gasteiger charge is -2.35. The molecule has 15 heavy (non-hydrogen) atoms. The van der Waals surface area contributed by atoms with Crippen molar-refractivity contribution < 1.29 is 9.47 Å². The third kappa shape index (κ3) is 2.17. The molecule has 1 saturated heterocycles. The highest BCUT2D eigenvalue weighted by Gasteiger charge is 2.41. The molecule has 0 aromatic carbocycles. The lowest BCUT2D eigenvalue weighted by molar-refractivity contribution is -0.0195. The zero-order valence-corrected chi connectivity index (χ0v) is 9.29. The van der Waals surface area contributed by atoms with Gasteiger partial charge in [0.25, 0.3) is 0 Å². The molecule has 2 aliphatic heterocycles. The number of allylic oxidation sites excluding steroid dienone is 1. The summed E-state index contributed by atoms with van der Waals surface area (Å²) in [6, 6.07) is -0.0136. The Labute approximate surface area is 90.8 Å². The van der Waals surface area contributed by atoms with Gasteiger partial charge in [-0.25, -0.2) is 5.43 Å². The molecule has 2 rings (SSSR count). The number of ether oxygens (including phenoxy) is 2. The molecule has 4 heteroatoms. The molecule has 4 nitrogen and oxygen atoms in total. The quantitative estimate of drug-likeness (QED) is 0.543. The Hall–Kier alpha value is -0.580. The molecular weight excluding hydrogens is 192 g/mol. The van der Waals surface area contributed by atoms with Gasteiger partial charge >= 0.3 is 0 Å². The topological polar surface area (TPSA) is 56.5 Å². The fourth-order valence-electron chi connectivity index (χ4n) is 2.37. The minimum absolute atomic E-state index is 0.0136. The highest BCUT2D eigenvalue weighted by atomic mass is 16.5. The van der Waals surface area contributed by atoms with Crippen LogP contribution in [0.1, 0.15) is 32.6 Å². The van der Waals surface area contributed by atoms with Gasteiger partial charge in [0, 0.05) is 6.61 Å². The molecule has 0 aromatic heterocycles. The molecule has 2 atom stereocenters. The van der Waals surface area contributed by atoms with Gasteiger partial charge in [0.1, 0.15) is 11.8 Å². The maximum absolute atomic E-state index is 5.78. The molecule has 1 fully saturated rings. The smallest absolute Gasteiger partial charge is 0.113 e. The maximum Gasteiger partial charge on any atom is 0.113 e. The van der Waals surface area contributed by atoms with E-state index in [2.05, 4.69) is 18.4 Å². The Balaban J connectivity index is 2.11. The van der Waals surface area contributed by atoms with Crippen LogP contribution in [0.2, 0.25) is 0 Å². The van der Waals surface area contributed by atoms with Crippen molar-refractivity contribution in [3.63, 3.8) is 0 Å². The third-order valence-corrected chi connectivity index (χ3v) is 3.27. The predicted octanol–water partition coefficient (Wildman–Crippen LogP) is 1.08. The molecule has 2 unspecified atom stereocenters. The van der Waals surface area contributed by atoms with Gasteiger partial charge in [0.2, 0.25) is 0 Å². The average Bonchev–Trinajstić information content (AvgIpc) is 2.68. The average molecular weight is 212 g/mol. The van der Waals surface area contributed by atoms with E-state index in [0.717, 1.165) is 44.7 Å². The molecule has 3 N–H and O–H groups in total. The Morgan fingerprint density at radius 2 is 2.33 bits per heavy atom. The van der Waals surface area contributed by atoms with E-state index < -0.39 is 0 Å². The van der Waals surface area contributed by atoms with Gasteiger partial charge in [-0.15, -0.1) is 0 Å². The van der Waals surface area contributed by atoms with E-state index in [1.54, 1.807) is 0 Å². The Kier molecular flexibility index (Phi) is 3.29. The number of hydrogen-bond donors (Lipinski definition) is 2. The van der Waals surface area contributed by atoms with Crippen LogP contribution in [-0.4, -0.2) is 24.9 Å². The van der Waals surface area contributed by atoms with Crippen molar-refractivity contribution in [1.82, 2.24) is 5.43 Å². The van der Waals surface area contributed by atoms with Crippen molar-refractivity contribution in [2.24, 2.45) is 5.84 Å². The van der Waals surface area contributed by atoms with Crippen molar-refractivity contribution in [1.29, 1.82) is 0 Å². The fraction of sp³-hybridized carbons (Fsp3) is 0.818. The zero-order valence-electron chi connectivity index (χ0n) is 9.29. The SMILES string of the molecule is CC1(C(NN)C2=CCCCO2)CCCO1.